The highest BCUT2D eigenvalue weighted by atomic mass is 79.9. The Morgan fingerprint density at radius 3 is 2.80 bits per heavy atom. The number of hydrogen-bond donors (Lipinski definition) is 1. The van der Waals surface area contributed by atoms with Crippen molar-refractivity contribution in [1.82, 2.24) is 0 Å². The Hall–Kier alpha value is -1.32. The van der Waals surface area contributed by atoms with Crippen LogP contribution in [0.25, 0.3) is 0 Å². The number of aliphatic hydroxyl groups is 1. The average molecular weight is 333 g/mol. The third kappa shape index (κ3) is 2.74. The lowest BCUT2D eigenvalue weighted by Gasteiger charge is -2.12. The monoisotopic (exact) mass is 332 g/mol. The molecule has 104 valence electrons. The lowest BCUT2D eigenvalue weighted by Crippen LogP contribution is -2.00. The number of para-hydroxylation sites is 1. The van der Waals surface area contributed by atoms with Crippen molar-refractivity contribution < 1.29 is 9.84 Å². The Morgan fingerprint density at radius 2 is 1.95 bits per heavy atom. The van der Waals surface area contributed by atoms with E-state index in [1.54, 1.807) is 0 Å². The summed E-state index contributed by atoms with van der Waals surface area (Å²) in [6, 6.07) is 12.3. The molecule has 0 heterocycles. The van der Waals surface area contributed by atoms with Crippen LogP contribution in [0.4, 0.5) is 0 Å². The smallest absolute Gasteiger partial charge is 0.139 e. The summed E-state index contributed by atoms with van der Waals surface area (Å²) in [5.74, 6) is 0.732. The second-order valence-corrected chi connectivity index (χ2v) is 5.99. The van der Waals surface area contributed by atoms with Gasteiger partial charge < -0.3 is 9.84 Å². The van der Waals surface area contributed by atoms with Crippen LogP contribution in [0, 0.1) is 0 Å². The minimum absolute atomic E-state index is 0.0149. The first-order valence-electron chi connectivity index (χ1n) is 6.89. The van der Waals surface area contributed by atoms with E-state index in [2.05, 4.69) is 34.1 Å². The molecule has 1 N–H and O–H groups in total. The summed E-state index contributed by atoms with van der Waals surface area (Å²) >= 11 is 3.48. The molecule has 0 bridgehead atoms. The van der Waals surface area contributed by atoms with Gasteiger partial charge in [-0.25, -0.2) is 0 Å². The molecule has 0 spiro atoms. The van der Waals surface area contributed by atoms with E-state index in [4.69, 9.17) is 4.74 Å². The second-order valence-electron chi connectivity index (χ2n) is 5.13. The van der Waals surface area contributed by atoms with Crippen LogP contribution < -0.4 is 4.74 Å². The highest BCUT2D eigenvalue weighted by molar-refractivity contribution is 9.10. The molecule has 0 saturated carbocycles. The molecule has 0 atom stereocenters. The topological polar surface area (TPSA) is 29.5 Å². The third-order valence-corrected chi connectivity index (χ3v) is 4.39. The lowest BCUT2D eigenvalue weighted by atomic mass is 10.1. The maximum absolute atomic E-state index is 9.37. The number of halogens is 1. The Labute approximate surface area is 127 Å². The highest BCUT2D eigenvalue weighted by Crippen LogP contribution is 2.30. The zero-order valence-corrected chi connectivity index (χ0v) is 12.8. The lowest BCUT2D eigenvalue weighted by molar-refractivity contribution is 0.258. The van der Waals surface area contributed by atoms with Gasteiger partial charge in [-0.1, -0.05) is 30.3 Å². The summed E-state index contributed by atoms with van der Waals surface area (Å²) in [7, 11) is 0. The Bertz CT molecular complexity index is 622. The summed E-state index contributed by atoms with van der Waals surface area (Å²) in [5.41, 5.74) is 4.93. The number of aryl methyl sites for hydroxylation is 2. The maximum atomic E-state index is 9.37. The minimum atomic E-state index is -0.0149. The standard InChI is InChI=1S/C17H17BrO2/c18-16-6-2-5-15(10-19)17(16)20-11-12-7-8-13-3-1-4-14(13)9-12/h2,5-9,19H,1,3-4,10-11H2. The number of aliphatic hydroxyl groups excluding tert-OH is 1. The van der Waals surface area contributed by atoms with Gasteiger partial charge in [0.2, 0.25) is 0 Å². The fraction of sp³-hybridized carbons (Fsp3) is 0.294. The van der Waals surface area contributed by atoms with Gasteiger partial charge in [-0.05, 0) is 57.9 Å². The number of ether oxygens (including phenoxy) is 1. The van der Waals surface area contributed by atoms with Gasteiger partial charge in [-0.15, -0.1) is 0 Å². The van der Waals surface area contributed by atoms with Crippen LogP contribution in [-0.2, 0) is 26.1 Å². The molecule has 0 amide bonds. The van der Waals surface area contributed by atoms with Crippen LogP contribution in [0.1, 0.15) is 28.7 Å². The van der Waals surface area contributed by atoms with E-state index in [0.29, 0.717) is 6.61 Å². The van der Waals surface area contributed by atoms with E-state index in [-0.39, 0.29) is 6.61 Å². The molecular weight excluding hydrogens is 316 g/mol. The summed E-state index contributed by atoms with van der Waals surface area (Å²) in [6.07, 6.45) is 3.65. The van der Waals surface area contributed by atoms with Crippen LogP contribution in [0.3, 0.4) is 0 Å². The number of hydrogen-bond acceptors (Lipinski definition) is 2. The Morgan fingerprint density at radius 1 is 1.10 bits per heavy atom. The van der Waals surface area contributed by atoms with Crippen LogP contribution in [0.15, 0.2) is 40.9 Å². The van der Waals surface area contributed by atoms with Crippen molar-refractivity contribution in [2.45, 2.75) is 32.5 Å². The fourth-order valence-electron chi connectivity index (χ4n) is 2.71. The van der Waals surface area contributed by atoms with E-state index in [1.807, 2.05) is 18.2 Å². The zero-order chi connectivity index (χ0) is 13.9. The van der Waals surface area contributed by atoms with E-state index >= 15 is 0 Å². The molecule has 20 heavy (non-hydrogen) atoms. The van der Waals surface area contributed by atoms with Crippen molar-refractivity contribution in [3.05, 3.63) is 63.1 Å². The largest absolute Gasteiger partial charge is 0.487 e. The van der Waals surface area contributed by atoms with E-state index < -0.39 is 0 Å². The van der Waals surface area contributed by atoms with E-state index in [9.17, 15) is 5.11 Å². The molecular formula is C17H17BrO2. The van der Waals surface area contributed by atoms with Gasteiger partial charge in [0, 0.05) is 5.56 Å². The molecule has 1 aliphatic carbocycles. The molecule has 0 aromatic heterocycles. The molecule has 0 radical (unpaired) electrons. The average Bonchev–Trinajstić information content (AvgIpc) is 2.93. The number of benzene rings is 2. The summed E-state index contributed by atoms with van der Waals surface area (Å²) < 4.78 is 6.78. The molecule has 2 aromatic carbocycles. The molecule has 3 rings (SSSR count). The molecule has 3 heteroatoms. The van der Waals surface area contributed by atoms with Gasteiger partial charge in [0.05, 0.1) is 11.1 Å². The summed E-state index contributed by atoms with van der Waals surface area (Å²) in [6.45, 7) is 0.516. The van der Waals surface area contributed by atoms with Crippen molar-refractivity contribution in [1.29, 1.82) is 0 Å². The van der Waals surface area contributed by atoms with Gasteiger partial charge >= 0.3 is 0 Å². The molecule has 0 aliphatic heterocycles. The van der Waals surface area contributed by atoms with Crippen molar-refractivity contribution >= 4 is 15.9 Å². The molecule has 0 unspecified atom stereocenters. The molecule has 0 saturated heterocycles. The van der Waals surface area contributed by atoms with E-state index in [1.165, 1.54) is 36.0 Å². The molecule has 2 aromatic rings. The SMILES string of the molecule is OCc1cccc(Br)c1OCc1ccc2c(c1)CCC2. The van der Waals surface area contributed by atoms with Gasteiger partial charge in [0.15, 0.2) is 0 Å². The zero-order valence-electron chi connectivity index (χ0n) is 11.2. The number of fused-ring (bicyclic) bond motifs is 1. The molecule has 1 aliphatic rings. The van der Waals surface area contributed by atoms with E-state index in [0.717, 1.165) is 15.8 Å². The van der Waals surface area contributed by atoms with Crippen LogP contribution in [0.2, 0.25) is 0 Å². The first-order chi connectivity index (χ1) is 9.78. The normalized spacial score (nSPS) is 13.3. The van der Waals surface area contributed by atoms with Crippen LogP contribution in [-0.4, -0.2) is 5.11 Å². The predicted octanol–water partition coefficient (Wildman–Crippen LogP) is 4.01. The van der Waals surface area contributed by atoms with Crippen molar-refractivity contribution in [2.75, 3.05) is 0 Å². The number of rotatable bonds is 4. The van der Waals surface area contributed by atoms with Crippen LogP contribution >= 0.6 is 15.9 Å². The van der Waals surface area contributed by atoms with Gasteiger partial charge in [-0.2, -0.15) is 0 Å². The van der Waals surface area contributed by atoms with Gasteiger partial charge in [-0.3, -0.25) is 0 Å². The first kappa shape index (κ1) is 13.7. The Balaban J connectivity index is 1.77. The fourth-order valence-corrected chi connectivity index (χ4v) is 3.23. The van der Waals surface area contributed by atoms with Crippen molar-refractivity contribution in [3.63, 3.8) is 0 Å². The molecule has 0 fully saturated rings. The van der Waals surface area contributed by atoms with Crippen molar-refractivity contribution in [3.8, 4) is 5.75 Å². The Kier molecular flexibility index (Phi) is 4.08. The minimum Gasteiger partial charge on any atom is -0.487 e. The summed E-state index contributed by atoms with van der Waals surface area (Å²) in [5, 5.41) is 9.37. The highest BCUT2D eigenvalue weighted by Gasteiger charge is 2.12. The second kappa shape index (κ2) is 5.98. The maximum Gasteiger partial charge on any atom is 0.139 e. The first-order valence-corrected chi connectivity index (χ1v) is 7.69. The van der Waals surface area contributed by atoms with Crippen molar-refractivity contribution in [2.24, 2.45) is 0 Å². The quantitative estimate of drug-likeness (QED) is 0.916. The van der Waals surface area contributed by atoms with Gasteiger partial charge in [0.1, 0.15) is 12.4 Å². The van der Waals surface area contributed by atoms with Crippen LogP contribution in [0.5, 0.6) is 5.75 Å². The summed E-state index contributed by atoms with van der Waals surface area (Å²) in [4.78, 5) is 0. The predicted molar refractivity (Wildman–Crippen MR) is 82.9 cm³/mol. The molecule has 2 nitrogen and oxygen atoms in total. The third-order valence-electron chi connectivity index (χ3n) is 3.76. The van der Waals surface area contributed by atoms with Gasteiger partial charge in [0.25, 0.3) is 0 Å².